The fraction of sp³-hybridized carbons (Fsp3) is 0.364. The lowest BCUT2D eigenvalue weighted by molar-refractivity contribution is 0.0900. The third kappa shape index (κ3) is 3.60. The monoisotopic (exact) mass is 226 g/mol. The van der Waals surface area contributed by atoms with Crippen LogP contribution in [0.25, 0.3) is 0 Å². The predicted octanol–water partition coefficient (Wildman–Crippen LogP) is 0.529. The minimum Gasteiger partial charge on any atom is -0.383 e. The van der Waals surface area contributed by atoms with E-state index in [0.717, 1.165) is 0 Å². The Balaban J connectivity index is 2.60. The van der Waals surface area contributed by atoms with Gasteiger partial charge in [-0.2, -0.15) is 0 Å². The number of hydrogen-bond donors (Lipinski definition) is 2. The molecule has 1 rings (SSSR count). The molecule has 3 N–H and O–H groups in total. The molecule has 0 saturated heterocycles. The Morgan fingerprint density at radius 1 is 1.50 bits per heavy atom. The molecule has 1 atom stereocenters. The van der Waals surface area contributed by atoms with E-state index in [1.54, 1.807) is 0 Å². The summed E-state index contributed by atoms with van der Waals surface area (Å²) in [5, 5.41) is 2.69. The first-order valence-corrected chi connectivity index (χ1v) is 4.92. The maximum absolute atomic E-state index is 12.6. The summed E-state index contributed by atoms with van der Waals surface area (Å²) in [4.78, 5) is 11.7. The van der Waals surface area contributed by atoms with Gasteiger partial charge in [0.2, 0.25) is 0 Å². The van der Waals surface area contributed by atoms with Gasteiger partial charge in [0.15, 0.2) is 0 Å². The molecule has 0 fully saturated rings. The third-order valence-corrected chi connectivity index (χ3v) is 2.09. The van der Waals surface area contributed by atoms with Crippen LogP contribution in [0.15, 0.2) is 24.3 Å². The van der Waals surface area contributed by atoms with Gasteiger partial charge in [-0.1, -0.05) is 0 Å². The van der Waals surface area contributed by atoms with Gasteiger partial charge in [-0.25, -0.2) is 4.39 Å². The molecule has 1 aromatic carbocycles. The van der Waals surface area contributed by atoms with E-state index < -0.39 is 0 Å². The first-order chi connectivity index (χ1) is 7.67. The molecule has 0 saturated carbocycles. The van der Waals surface area contributed by atoms with Crippen LogP contribution >= 0.6 is 0 Å². The van der Waals surface area contributed by atoms with Crippen molar-refractivity contribution >= 4 is 5.91 Å². The molecule has 0 aromatic heterocycles. The van der Waals surface area contributed by atoms with Crippen molar-refractivity contribution in [2.45, 2.75) is 6.04 Å². The van der Waals surface area contributed by atoms with Gasteiger partial charge in [0.05, 0.1) is 12.6 Å². The zero-order valence-electron chi connectivity index (χ0n) is 9.07. The molecule has 0 aliphatic carbocycles. The molecular weight excluding hydrogens is 211 g/mol. The van der Waals surface area contributed by atoms with Crippen molar-refractivity contribution < 1.29 is 13.9 Å². The number of nitrogens with two attached hydrogens (primary N) is 1. The quantitative estimate of drug-likeness (QED) is 0.769. The Bertz CT molecular complexity index is 340. The van der Waals surface area contributed by atoms with Crippen LogP contribution in [-0.4, -0.2) is 32.2 Å². The highest BCUT2D eigenvalue weighted by molar-refractivity contribution is 5.94. The Hall–Kier alpha value is -1.46. The van der Waals surface area contributed by atoms with Crippen molar-refractivity contribution in [3.05, 3.63) is 35.6 Å². The zero-order valence-corrected chi connectivity index (χ0v) is 9.07. The van der Waals surface area contributed by atoms with E-state index in [2.05, 4.69) is 5.32 Å². The van der Waals surface area contributed by atoms with E-state index >= 15 is 0 Å². The normalized spacial score (nSPS) is 12.2. The topological polar surface area (TPSA) is 64.3 Å². The highest BCUT2D eigenvalue weighted by atomic mass is 19.1. The Labute approximate surface area is 93.6 Å². The smallest absolute Gasteiger partial charge is 0.251 e. The fourth-order valence-electron chi connectivity index (χ4n) is 1.24. The summed E-state index contributed by atoms with van der Waals surface area (Å²) in [6.07, 6.45) is 0. The van der Waals surface area contributed by atoms with Crippen molar-refractivity contribution in [1.82, 2.24) is 5.32 Å². The van der Waals surface area contributed by atoms with E-state index in [0.29, 0.717) is 18.7 Å². The highest BCUT2D eigenvalue weighted by Crippen LogP contribution is 2.02. The van der Waals surface area contributed by atoms with Crippen molar-refractivity contribution in [3.63, 3.8) is 0 Å². The third-order valence-electron chi connectivity index (χ3n) is 2.09. The van der Waals surface area contributed by atoms with Crippen LogP contribution in [0.3, 0.4) is 0 Å². The number of ether oxygens (including phenoxy) is 1. The number of halogens is 1. The Kier molecular flexibility index (Phi) is 4.88. The average molecular weight is 226 g/mol. The summed E-state index contributed by atoms with van der Waals surface area (Å²) < 4.78 is 17.5. The second-order valence-corrected chi connectivity index (χ2v) is 3.37. The van der Waals surface area contributed by atoms with Crippen LogP contribution in [0.4, 0.5) is 4.39 Å². The molecule has 0 spiro atoms. The van der Waals surface area contributed by atoms with E-state index in [4.69, 9.17) is 10.5 Å². The van der Waals surface area contributed by atoms with E-state index in [1.807, 2.05) is 0 Å². The highest BCUT2D eigenvalue weighted by Gasteiger charge is 2.11. The SMILES string of the molecule is COCC(CN)NC(=O)c1ccc(F)cc1. The summed E-state index contributed by atoms with van der Waals surface area (Å²) in [7, 11) is 1.53. The van der Waals surface area contributed by atoms with Gasteiger partial charge >= 0.3 is 0 Å². The van der Waals surface area contributed by atoms with Gasteiger partial charge in [0.25, 0.3) is 5.91 Å². The number of rotatable bonds is 5. The maximum atomic E-state index is 12.6. The molecule has 4 nitrogen and oxygen atoms in total. The van der Waals surface area contributed by atoms with Gasteiger partial charge in [-0.3, -0.25) is 4.79 Å². The number of nitrogens with one attached hydrogen (secondary N) is 1. The van der Waals surface area contributed by atoms with Crippen LogP contribution in [0.1, 0.15) is 10.4 Å². The first-order valence-electron chi connectivity index (χ1n) is 4.92. The zero-order chi connectivity index (χ0) is 12.0. The molecule has 5 heteroatoms. The number of amides is 1. The van der Waals surface area contributed by atoms with Gasteiger partial charge in [0.1, 0.15) is 5.82 Å². The van der Waals surface area contributed by atoms with Crippen LogP contribution in [0.5, 0.6) is 0 Å². The predicted molar refractivity (Wildman–Crippen MR) is 58.6 cm³/mol. The van der Waals surface area contributed by atoms with Crippen LogP contribution in [0, 0.1) is 5.82 Å². The molecule has 0 radical (unpaired) electrons. The van der Waals surface area contributed by atoms with Crippen LogP contribution < -0.4 is 11.1 Å². The lowest BCUT2D eigenvalue weighted by Gasteiger charge is -2.15. The number of hydrogen-bond acceptors (Lipinski definition) is 3. The number of carbonyl (C=O) groups excluding carboxylic acids is 1. The molecule has 0 aliphatic rings. The molecule has 88 valence electrons. The van der Waals surface area contributed by atoms with Crippen LogP contribution in [0.2, 0.25) is 0 Å². The van der Waals surface area contributed by atoms with E-state index in [9.17, 15) is 9.18 Å². The van der Waals surface area contributed by atoms with Crippen molar-refractivity contribution in [2.24, 2.45) is 5.73 Å². The number of methoxy groups -OCH3 is 1. The second-order valence-electron chi connectivity index (χ2n) is 3.37. The molecule has 1 amide bonds. The van der Waals surface area contributed by atoms with Crippen molar-refractivity contribution in [1.29, 1.82) is 0 Å². The minimum atomic E-state index is -0.371. The first kappa shape index (κ1) is 12.6. The van der Waals surface area contributed by atoms with E-state index in [1.165, 1.54) is 31.4 Å². The van der Waals surface area contributed by atoms with Crippen molar-refractivity contribution in [2.75, 3.05) is 20.3 Å². The van der Waals surface area contributed by atoms with Crippen molar-refractivity contribution in [3.8, 4) is 0 Å². The van der Waals surface area contributed by atoms with E-state index in [-0.39, 0.29) is 17.8 Å². The average Bonchev–Trinajstić information content (AvgIpc) is 2.29. The Morgan fingerprint density at radius 2 is 2.12 bits per heavy atom. The molecule has 1 unspecified atom stereocenters. The summed E-state index contributed by atoms with van der Waals surface area (Å²) in [6, 6.07) is 5.09. The standard InChI is InChI=1S/C11H15FN2O2/c1-16-7-10(6-13)14-11(15)8-2-4-9(12)5-3-8/h2-5,10H,6-7,13H2,1H3,(H,14,15). The molecule has 0 heterocycles. The van der Waals surface area contributed by atoms with Gasteiger partial charge in [-0.05, 0) is 24.3 Å². The van der Waals surface area contributed by atoms with Gasteiger partial charge < -0.3 is 15.8 Å². The number of benzene rings is 1. The molecule has 0 aliphatic heterocycles. The molecule has 16 heavy (non-hydrogen) atoms. The summed E-state index contributed by atoms with van der Waals surface area (Å²) >= 11 is 0. The summed E-state index contributed by atoms with van der Waals surface area (Å²) in [5.74, 6) is -0.656. The minimum absolute atomic E-state index is 0.234. The maximum Gasteiger partial charge on any atom is 0.251 e. The fourth-order valence-corrected chi connectivity index (χ4v) is 1.24. The molecular formula is C11H15FN2O2. The lowest BCUT2D eigenvalue weighted by Crippen LogP contribution is -2.43. The second kappa shape index (κ2) is 6.19. The summed E-state index contributed by atoms with van der Waals surface area (Å²) in [6.45, 7) is 0.643. The van der Waals surface area contributed by atoms with Crippen LogP contribution in [-0.2, 0) is 4.74 Å². The Morgan fingerprint density at radius 3 is 2.62 bits per heavy atom. The molecule has 0 bridgehead atoms. The largest absolute Gasteiger partial charge is 0.383 e. The number of carbonyl (C=O) groups is 1. The van der Waals surface area contributed by atoms with Gasteiger partial charge in [-0.15, -0.1) is 0 Å². The molecule has 1 aromatic rings. The summed E-state index contributed by atoms with van der Waals surface area (Å²) in [5.41, 5.74) is 5.85. The van der Waals surface area contributed by atoms with Gasteiger partial charge in [0, 0.05) is 19.2 Å². The lowest BCUT2D eigenvalue weighted by atomic mass is 10.2.